The fraction of sp³-hybridized carbons (Fsp3) is 0.417. The Balaban J connectivity index is 2.62. The third kappa shape index (κ3) is 1.53. The van der Waals surface area contributed by atoms with Gasteiger partial charge in [-0.25, -0.2) is 0 Å². The molecule has 0 saturated heterocycles. The third-order valence-electron chi connectivity index (χ3n) is 2.91. The Morgan fingerprint density at radius 3 is 2.67 bits per heavy atom. The van der Waals surface area contributed by atoms with Crippen LogP contribution in [0, 0.1) is 12.8 Å². The van der Waals surface area contributed by atoms with E-state index in [0.717, 1.165) is 16.8 Å². The number of nitrogens with one attached hydrogen (secondary N) is 1. The molecule has 1 aromatic rings. The van der Waals surface area contributed by atoms with Crippen molar-refractivity contribution in [1.82, 2.24) is 0 Å². The number of anilines is 1. The molecule has 2 rings (SSSR count). The molecule has 1 atom stereocenters. The van der Waals surface area contributed by atoms with Gasteiger partial charge in [0.05, 0.1) is 5.92 Å². The molecule has 1 aliphatic heterocycles. The van der Waals surface area contributed by atoms with Gasteiger partial charge in [0, 0.05) is 16.3 Å². The predicted molar refractivity (Wildman–Crippen MR) is 62.4 cm³/mol. The number of aryl methyl sites for hydroxylation is 1. The van der Waals surface area contributed by atoms with Gasteiger partial charge in [0.15, 0.2) is 0 Å². The van der Waals surface area contributed by atoms with E-state index in [1.807, 2.05) is 32.9 Å². The number of hydrogen-bond donors (Lipinski definition) is 1. The van der Waals surface area contributed by atoms with E-state index in [-0.39, 0.29) is 17.7 Å². The first-order valence-corrected chi connectivity index (χ1v) is 5.50. The molecule has 1 amide bonds. The first-order chi connectivity index (χ1) is 7.02. The number of carbonyl (C=O) groups excluding carboxylic acids is 1. The maximum atomic E-state index is 11.8. The van der Waals surface area contributed by atoms with Crippen molar-refractivity contribution < 1.29 is 4.79 Å². The van der Waals surface area contributed by atoms with Crippen LogP contribution >= 0.6 is 11.6 Å². The molecule has 1 unspecified atom stereocenters. The number of rotatable bonds is 1. The van der Waals surface area contributed by atoms with Crippen LogP contribution in [0.25, 0.3) is 0 Å². The van der Waals surface area contributed by atoms with Gasteiger partial charge in [-0.15, -0.1) is 0 Å². The van der Waals surface area contributed by atoms with E-state index in [1.165, 1.54) is 0 Å². The van der Waals surface area contributed by atoms with Crippen molar-refractivity contribution >= 4 is 23.2 Å². The second-order valence-corrected chi connectivity index (χ2v) is 4.77. The Hall–Kier alpha value is -1.02. The topological polar surface area (TPSA) is 29.1 Å². The van der Waals surface area contributed by atoms with E-state index in [0.29, 0.717) is 5.02 Å². The highest BCUT2D eigenvalue weighted by Gasteiger charge is 2.35. The Morgan fingerprint density at radius 1 is 1.40 bits per heavy atom. The zero-order valence-electron chi connectivity index (χ0n) is 9.10. The number of fused-ring (bicyclic) bond motifs is 1. The SMILES string of the molecule is Cc1ccc(Cl)c2c1NC(=O)C2C(C)C. The Labute approximate surface area is 94.6 Å². The zero-order valence-corrected chi connectivity index (χ0v) is 9.85. The van der Waals surface area contributed by atoms with Gasteiger partial charge < -0.3 is 5.32 Å². The molecule has 80 valence electrons. The summed E-state index contributed by atoms with van der Waals surface area (Å²) < 4.78 is 0. The van der Waals surface area contributed by atoms with Crippen LogP contribution in [-0.2, 0) is 4.79 Å². The van der Waals surface area contributed by atoms with Gasteiger partial charge in [-0.05, 0) is 24.5 Å². The molecule has 0 spiro atoms. The van der Waals surface area contributed by atoms with Crippen molar-refractivity contribution in [1.29, 1.82) is 0 Å². The summed E-state index contributed by atoms with van der Waals surface area (Å²) in [6.07, 6.45) is 0. The molecule has 1 N–H and O–H groups in total. The summed E-state index contributed by atoms with van der Waals surface area (Å²) >= 11 is 6.15. The normalized spacial score (nSPS) is 19.3. The summed E-state index contributed by atoms with van der Waals surface area (Å²) in [7, 11) is 0. The van der Waals surface area contributed by atoms with E-state index >= 15 is 0 Å². The van der Waals surface area contributed by atoms with Crippen LogP contribution in [0.15, 0.2) is 12.1 Å². The largest absolute Gasteiger partial charge is 0.325 e. The molecule has 15 heavy (non-hydrogen) atoms. The minimum absolute atomic E-state index is 0.0659. The Morgan fingerprint density at radius 2 is 2.07 bits per heavy atom. The molecule has 3 heteroatoms. The summed E-state index contributed by atoms with van der Waals surface area (Å²) in [6, 6.07) is 3.80. The summed E-state index contributed by atoms with van der Waals surface area (Å²) in [5.74, 6) is 0.231. The minimum Gasteiger partial charge on any atom is -0.325 e. The maximum absolute atomic E-state index is 11.8. The summed E-state index contributed by atoms with van der Waals surface area (Å²) in [5.41, 5.74) is 2.95. The molecule has 1 aliphatic rings. The van der Waals surface area contributed by atoms with Crippen LogP contribution in [0.3, 0.4) is 0 Å². The van der Waals surface area contributed by atoms with E-state index in [9.17, 15) is 4.79 Å². The molecule has 1 heterocycles. The van der Waals surface area contributed by atoms with Gasteiger partial charge in [-0.3, -0.25) is 4.79 Å². The van der Waals surface area contributed by atoms with Crippen LogP contribution in [0.2, 0.25) is 5.02 Å². The molecule has 2 nitrogen and oxygen atoms in total. The van der Waals surface area contributed by atoms with Crippen molar-refractivity contribution in [3.63, 3.8) is 0 Å². The lowest BCUT2D eigenvalue weighted by atomic mass is 9.89. The quantitative estimate of drug-likeness (QED) is 0.778. The van der Waals surface area contributed by atoms with E-state index in [2.05, 4.69) is 5.32 Å². The molecule has 0 fully saturated rings. The van der Waals surface area contributed by atoms with Crippen molar-refractivity contribution in [3.8, 4) is 0 Å². The lowest BCUT2D eigenvalue weighted by Crippen LogP contribution is -2.16. The first-order valence-electron chi connectivity index (χ1n) is 5.12. The highest BCUT2D eigenvalue weighted by molar-refractivity contribution is 6.33. The third-order valence-corrected chi connectivity index (χ3v) is 3.24. The van der Waals surface area contributed by atoms with Crippen LogP contribution in [0.4, 0.5) is 5.69 Å². The van der Waals surface area contributed by atoms with Gasteiger partial charge in [-0.2, -0.15) is 0 Å². The fourth-order valence-corrected chi connectivity index (χ4v) is 2.42. The van der Waals surface area contributed by atoms with E-state index < -0.39 is 0 Å². The molecule has 0 aromatic heterocycles. The number of carbonyl (C=O) groups is 1. The first kappa shape index (κ1) is 10.5. The second-order valence-electron chi connectivity index (χ2n) is 4.36. The number of benzene rings is 1. The summed E-state index contributed by atoms with van der Waals surface area (Å²) in [5, 5.41) is 3.60. The van der Waals surface area contributed by atoms with Crippen molar-refractivity contribution in [2.45, 2.75) is 26.7 Å². The van der Waals surface area contributed by atoms with Crippen molar-refractivity contribution in [2.24, 2.45) is 5.92 Å². The second kappa shape index (κ2) is 3.53. The van der Waals surface area contributed by atoms with Gasteiger partial charge in [0.2, 0.25) is 5.91 Å². The van der Waals surface area contributed by atoms with E-state index in [1.54, 1.807) is 0 Å². The number of amides is 1. The zero-order chi connectivity index (χ0) is 11.2. The average molecular weight is 224 g/mol. The summed E-state index contributed by atoms with van der Waals surface area (Å²) in [4.78, 5) is 11.8. The predicted octanol–water partition coefficient (Wildman–Crippen LogP) is 3.34. The van der Waals surface area contributed by atoms with E-state index in [4.69, 9.17) is 11.6 Å². The lowest BCUT2D eigenvalue weighted by Gasteiger charge is -2.14. The highest BCUT2D eigenvalue weighted by atomic mass is 35.5. The summed E-state index contributed by atoms with van der Waals surface area (Å²) in [6.45, 7) is 6.06. The minimum atomic E-state index is -0.104. The lowest BCUT2D eigenvalue weighted by molar-refractivity contribution is -0.117. The van der Waals surface area contributed by atoms with Crippen LogP contribution in [0.5, 0.6) is 0 Å². The van der Waals surface area contributed by atoms with Gasteiger partial charge in [0.25, 0.3) is 0 Å². The van der Waals surface area contributed by atoms with Crippen LogP contribution in [-0.4, -0.2) is 5.91 Å². The molecule has 0 bridgehead atoms. The Kier molecular flexibility index (Phi) is 2.47. The highest BCUT2D eigenvalue weighted by Crippen LogP contribution is 2.43. The maximum Gasteiger partial charge on any atom is 0.232 e. The Bertz CT molecular complexity index is 426. The van der Waals surface area contributed by atoms with Crippen LogP contribution < -0.4 is 5.32 Å². The van der Waals surface area contributed by atoms with Gasteiger partial charge in [-0.1, -0.05) is 31.5 Å². The molecule has 1 aromatic carbocycles. The average Bonchev–Trinajstić information content (AvgIpc) is 2.50. The van der Waals surface area contributed by atoms with Crippen molar-refractivity contribution in [3.05, 3.63) is 28.3 Å². The number of halogens is 1. The monoisotopic (exact) mass is 223 g/mol. The molecular formula is C12H14ClNO. The van der Waals surface area contributed by atoms with Crippen LogP contribution in [0.1, 0.15) is 30.9 Å². The fourth-order valence-electron chi connectivity index (χ4n) is 2.14. The molecule has 0 aliphatic carbocycles. The smallest absolute Gasteiger partial charge is 0.232 e. The van der Waals surface area contributed by atoms with Gasteiger partial charge >= 0.3 is 0 Å². The standard InChI is InChI=1S/C12H14ClNO/c1-6(2)9-10-8(13)5-4-7(3)11(10)14-12(9)15/h4-6,9H,1-3H3,(H,14,15). The molecule has 0 saturated carbocycles. The number of hydrogen-bond acceptors (Lipinski definition) is 1. The molecular weight excluding hydrogens is 210 g/mol. The molecule has 0 radical (unpaired) electrons. The van der Waals surface area contributed by atoms with Crippen molar-refractivity contribution in [2.75, 3.05) is 5.32 Å². The van der Waals surface area contributed by atoms with Gasteiger partial charge in [0.1, 0.15) is 0 Å².